The Morgan fingerprint density at radius 2 is 2.08 bits per heavy atom. The van der Waals surface area contributed by atoms with Gasteiger partial charge in [0.2, 0.25) is 0 Å². The van der Waals surface area contributed by atoms with E-state index in [0.29, 0.717) is 35.0 Å². The van der Waals surface area contributed by atoms with Crippen LogP contribution in [0.4, 0.5) is 11.5 Å². The highest BCUT2D eigenvalue weighted by Crippen LogP contribution is 2.26. The lowest BCUT2D eigenvalue weighted by Gasteiger charge is -2.16. The molecule has 25 heavy (non-hydrogen) atoms. The van der Waals surface area contributed by atoms with Gasteiger partial charge in [-0.15, -0.1) is 0 Å². The molecule has 1 N–H and O–H groups in total. The van der Waals surface area contributed by atoms with E-state index in [9.17, 15) is 4.79 Å². The van der Waals surface area contributed by atoms with Crippen LogP contribution in [0.25, 0.3) is 0 Å². The van der Waals surface area contributed by atoms with Gasteiger partial charge in [-0.25, -0.2) is 9.78 Å². The van der Waals surface area contributed by atoms with Crippen molar-refractivity contribution in [2.75, 3.05) is 26.1 Å². The van der Waals surface area contributed by atoms with Crippen molar-refractivity contribution < 1.29 is 14.3 Å². The van der Waals surface area contributed by atoms with Gasteiger partial charge in [-0.3, -0.25) is 4.99 Å². The zero-order valence-electron chi connectivity index (χ0n) is 15.2. The lowest BCUT2D eigenvalue weighted by Crippen LogP contribution is -2.15. The number of rotatable bonds is 6. The molecule has 2 aromatic rings. The van der Waals surface area contributed by atoms with E-state index < -0.39 is 0 Å². The number of anilines is 2. The summed E-state index contributed by atoms with van der Waals surface area (Å²) in [5, 5.41) is 3.26. The monoisotopic (exact) mass is 341 g/mol. The van der Waals surface area contributed by atoms with Gasteiger partial charge in [0.1, 0.15) is 11.6 Å². The van der Waals surface area contributed by atoms with Gasteiger partial charge >= 0.3 is 5.97 Å². The molecule has 6 nitrogen and oxygen atoms in total. The maximum absolute atomic E-state index is 12.4. The van der Waals surface area contributed by atoms with Crippen LogP contribution in [-0.4, -0.2) is 37.4 Å². The molecule has 1 aromatic carbocycles. The molecule has 0 amide bonds. The minimum absolute atomic E-state index is 0.306. The maximum atomic E-state index is 12.4. The largest absolute Gasteiger partial charge is 0.497 e. The number of hydrogen-bond donors (Lipinski definition) is 1. The number of nitrogens with one attached hydrogen (secondary N) is 1. The molecule has 0 saturated carbocycles. The molecule has 132 valence electrons. The van der Waals surface area contributed by atoms with E-state index in [0.717, 1.165) is 11.4 Å². The van der Waals surface area contributed by atoms with E-state index in [-0.39, 0.29) is 5.97 Å². The number of methoxy groups -OCH3 is 1. The van der Waals surface area contributed by atoms with Gasteiger partial charge < -0.3 is 14.8 Å². The van der Waals surface area contributed by atoms with Gasteiger partial charge in [0.05, 0.1) is 24.8 Å². The minimum atomic E-state index is -0.389. The van der Waals surface area contributed by atoms with E-state index in [2.05, 4.69) is 15.3 Å². The lowest BCUT2D eigenvalue weighted by molar-refractivity contribution is 0.0526. The molecule has 0 spiro atoms. The van der Waals surface area contributed by atoms with E-state index >= 15 is 0 Å². The van der Waals surface area contributed by atoms with Crippen LogP contribution in [0.1, 0.15) is 35.5 Å². The van der Waals surface area contributed by atoms with Gasteiger partial charge in [-0.2, -0.15) is 0 Å². The summed E-state index contributed by atoms with van der Waals surface area (Å²) in [7, 11) is 3.29. The molecule has 0 unspecified atom stereocenters. The molecular formula is C19H23N3O3. The number of carbonyl (C=O) groups is 1. The highest BCUT2D eigenvalue weighted by Gasteiger charge is 2.20. The summed E-state index contributed by atoms with van der Waals surface area (Å²) < 4.78 is 10.4. The summed E-state index contributed by atoms with van der Waals surface area (Å²) in [6, 6.07) is 9.22. The zero-order chi connectivity index (χ0) is 18.4. The Morgan fingerprint density at radius 1 is 1.32 bits per heavy atom. The predicted octanol–water partition coefficient (Wildman–Crippen LogP) is 3.76. The number of benzene rings is 1. The molecule has 1 aromatic heterocycles. The fraction of sp³-hybridized carbons (Fsp3) is 0.316. The molecule has 0 fully saturated rings. The Hall–Kier alpha value is -2.89. The Kier molecular flexibility index (Phi) is 6.11. The first-order chi connectivity index (χ1) is 12.0. The van der Waals surface area contributed by atoms with Gasteiger partial charge in [0.25, 0.3) is 0 Å². The van der Waals surface area contributed by atoms with Gasteiger partial charge in [-0.1, -0.05) is 6.07 Å². The first-order valence-corrected chi connectivity index (χ1v) is 8.03. The summed E-state index contributed by atoms with van der Waals surface area (Å²) >= 11 is 0. The molecule has 0 saturated heterocycles. The van der Waals surface area contributed by atoms with Crippen molar-refractivity contribution in [3.05, 3.63) is 47.2 Å². The summed E-state index contributed by atoms with van der Waals surface area (Å²) in [6.07, 6.45) is 0. The number of ether oxygens (including phenoxy) is 2. The third-order valence-electron chi connectivity index (χ3n) is 3.67. The summed E-state index contributed by atoms with van der Waals surface area (Å²) in [6.45, 7) is 5.76. The molecule has 6 heteroatoms. The first-order valence-electron chi connectivity index (χ1n) is 8.03. The number of nitrogens with zero attached hydrogens (tertiary/aromatic N) is 2. The van der Waals surface area contributed by atoms with Crippen LogP contribution in [-0.2, 0) is 4.74 Å². The number of aliphatic imine (C=N–C) groups is 1. The topological polar surface area (TPSA) is 72.8 Å². The fourth-order valence-corrected chi connectivity index (χ4v) is 2.45. The van der Waals surface area contributed by atoms with E-state index in [1.54, 1.807) is 27.1 Å². The number of carbonyl (C=O) groups excluding carboxylic acids is 1. The van der Waals surface area contributed by atoms with Crippen molar-refractivity contribution in [3.8, 4) is 5.75 Å². The van der Waals surface area contributed by atoms with Crippen LogP contribution in [0.15, 0.2) is 35.3 Å². The van der Waals surface area contributed by atoms with Crippen molar-refractivity contribution in [2.45, 2.75) is 20.8 Å². The second-order valence-corrected chi connectivity index (χ2v) is 5.42. The van der Waals surface area contributed by atoms with Crippen LogP contribution in [0, 0.1) is 6.92 Å². The number of aryl methyl sites for hydroxylation is 1. The number of pyridine rings is 1. The molecule has 0 atom stereocenters. The van der Waals surface area contributed by atoms with Crippen molar-refractivity contribution >= 4 is 23.2 Å². The third kappa shape index (κ3) is 4.35. The third-order valence-corrected chi connectivity index (χ3v) is 3.67. The van der Waals surface area contributed by atoms with Crippen LogP contribution >= 0.6 is 0 Å². The number of hydrogen-bond acceptors (Lipinski definition) is 6. The Labute approximate surface area is 147 Å². The zero-order valence-corrected chi connectivity index (χ0v) is 15.2. The fourth-order valence-electron chi connectivity index (χ4n) is 2.45. The van der Waals surface area contributed by atoms with Crippen molar-refractivity contribution in [2.24, 2.45) is 4.99 Å². The molecule has 0 radical (unpaired) electrons. The standard InChI is InChI=1S/C19H23N3O3/c1-6-25-19(23)16-10-12(2)21-18(17(16)13(3)20-4)22-14-8-7-9-15(11-14)24-5/h7-11H,6H2,1-5H3,(H,21,22)/b20-13-. The highest BCUT2D eigenvalue weighted by atomic mass is 16.5. The highest BCUT2D eigenvalue weighted by molar-refractivity contribution is 6.11. The molecule has 0 aliphatic heterocycles. The smallest absolute Gasteiger partial charge is 0.338 e. The number of aromatic nitrogens is 1. The molecule has 0 aliphatic carbocycles. The molecule has 1 heterocycles. The SMILES string of the molecule is CCOC(=O)c1cc(C)nc(Nc2cccc(OC)c2)c1/C(C)=N\C. The second kappa shape index (κ2) is 8.28. The Balaban J connectivity index is 2.57. The van der Waals surface area contributed by atoms with Gasteiger partial charge in [0, 0.05) is 30.2 Å². The van der Waals surface area contributed by atoms with Crippen LogP contribution in [0.3, 0.4) is 0 Å². The molecule has 2 rings (SSSR count). The average Bonchev–Trinajstić information content (AvgIpc) is 2.61. The van der Waals surface area contributed by atoms with Crippen LogP contribution < -0.4 is 10.1 Å². The van der Waals surface area contributed by atoms with Gasteiger partial charge in [0.15, 0.2) is 0 Å². The van der Waals surface area contributed by atoms with E-state index in [1.165, 1.54) is 0 Å². The predicted molar refractivity (Wildman–Crippen MR) is 99.3 cm³/mol. The van der Waals surface area contributed by atoms with E-state index in [1.807, 2.05) is 38.1 Å². The van der Waals surface area contributed by atoms with Crippen LogP contribution in [0.2, 0.25) is 0 Å². The molecule has 0 aliphatic rings. The van der Waals surface area contributed by atoms with Gasteiger partial charge in [-0.05, 0) is 39.0 Å². The number of esters is 1. The summed E-state index contributed by atoms with van der Waals surface area (Å²) in [4.78, 5) is 21.2. The van der Waals surface area contributed by atoms with Crippen LogP contribution in [0.5, 0.6) is 5.75 Å². The van der Waals surface area contributed by atoms with Crippen molar-refractivity contribution in [3.63, 3.8) is 0 Å². The summed E-state index contributed by atoms with van der Waals surface area (Å²) in [5.74, 6) is 0.893. The van der Waals surface area contributed by atoms with Crippen molar-refractivity contribution in [1.29, 1.82) is 0 Å². The first kappa shape index (κ1) is 18.4. The Bertz CT molecular complexity index is 800. The maximum Gasteiger partial charge on any atom is 0.338 e. The average molecular weight is 341 g/mol. The van der Waals surface area contributed by atoms with Crippen molar-refractivity contribution in [1.82, 2.24) is 4.98 Å². The minimum Gasteiger partial charge on any atom is -0.497 e. The van der Waals surface area contributed by atoms with E-state index in [4.69, 9.17) is 9.47 Å². The molecular weight excluding hydrogens is 318 g/mol. The summed E-state index contributed by atoms with van der Waals surface area (Å²) in [5.41, 5.74) is 3.29. The molecule has 0 bridgehead atoms. The lowest BCUT2D eigenvalue weighted by atomic mass is 10.0. The quantitative estimate of drug-likeness (QED) is 0.640. The Morgan fingerprint density at radius 3 is 2.72 bits per heavy atom. The normalized spacial score (nSPS) is 11.2. The second-order valence-electron chi connectivity index (χ2n) is 5.42.